The van der Waals surface area contributed by atoms with Gasteiger partial charge < -0.3 is 20.6 Å². The zero-order valence-electron chi connectivity index (χ0n) is 30.5. The topological polar surface area (TPSA) is 55.6 Å². The number of aromatic amines is 2. The lowest BCUT2D eigenvalue weighted by molar-refractivity contribution is 0.756. The van der Waals surface area contributed by atoms with Gasteiger partial charge in [-0.25, -0.2) is 0 Å². The van der Waals surface area contributed by atoms with Crippen molar-refractivity contribution in [3.8, 4) is 0 Å². The highest BCUT2D eigenvalue weighted by atomic mass is 15.0. The highest BCUT2D eigenvalue weighted by Gasteiger charge is 2.30. The molecule has 4 heteroatoms. The third-order valence-corrected chi connectivity index (χ3v) is 11.3. The Balaban J connectivity index is 1.34. The van der Waals surface area contributed by atoms with E-state index in [0.29, 0.717) is 0 Å². The molecule has 3 aliphatic heterocycles. The van der Waals surface area contributed by atoms with Crippen LogP contribution in [0.1, 0.15) is 81.6 Å². The number of allylic oxidation sites excluding steroid dienone is 2. The summed E-state index contributed by atoms with van der Waals surface area (Å²) in [5.41, 5.74) is 20.0. The van der Waals surface area contributed by atoms with Gasteiger partial charge in [0.25, 0.3) is 0 Å². The van der Waals surface area contributed by atoms with Crippen LogP contribution in [0.4, 0.5) is 0 Å². The van der Waals surface area contributed by atoms with Crippen LogP contribution < -0.4 is 21.3 Å². The van der Waals surface area contributed by atoms with Crippen molar-refractivity contribution in [3.63, 3.8) is 0 Å². The number of benzene rings is 4. The van der Waals surface area contributed by atoms with E-state index in [9.17, 15) is 0 Å². The molecule has 4 aromatic carbocycles. The average Bonchev–Trinajstić information content (AvgIpc) is 3.99. The van der Waals surface area contributed by atoms with Crippen LogP contribution >= 0.6 is 0 Å². The summed E-state index contributed by atoms with van der Waals surface area (Å²) in [4.78, 5) is 7.96. The minimum atomic E-state index is 0.147. The lowest BCUT2D eigenvalue weighted by atomic mass is 9.96. The normalized spacial score (nSPS) is 23.4. The van der Waals surface area contributed by atoms with Gasteiger partial charge in [0.05, 0.1) is 12.1 Å². The molecule has 2 unspecified atom stereocenters. The van der Waals surface area contributed by atoms with Gasteiger partial charge in [-0.1, -0.05) is 119 Å². The van der Waals surface area contributed by atoms with Crippen LogP contribution in [0.15, 0.2) is 133 Å². The number of aromatic nitrogens is 2. The fourth-order valence-electron chi connectivity index (χ4n) is 8.49. The zero-order valence-corrected chi connectivity index (χ0v) is 30.5. The van der Waals surface area contributed by atoms with Crippen molar-refractivity contribution in [3.05, 3.63) is 199 Å². The number of rotatable bonds is 4. The van der Waals surface area contributed by atoms with E-state index in [1.54, 1.807) is 0 Å². The van der Waals surface area contributed by atoms with Gasteiger partial charge in [0, 0.05) is 55.8 Å². The van der Waals surface area contributed by atoms with E-state index in [0.717, 1.165) is 37.1 Å². The maximum absolute atomic E-state index is 4.10. The third-order valence-electron chi connectivity index (χ3n) is 11.3. The maximum Gasteiger partial charge on any atom is 0.0541 e. The molecule has 0 spiro atoms. The van der Waals surface area contributed by atoms with Crippen LogP contribution in [-0.4, -0.2) is 22.1 Å². The molecule has 2 fully saturated rings. The molecule has 2 saturated heterocycles. The van der Waals surface area contributed by atoms with E-state index >= 15 is 0 Å². The van der Waals surface area contributed by atoms with Gasteiger partial charge in [-0.3, -0.25) is 0 Å². The Morgan fingerprint density at radius 1 is 0.385 bits per heavy atom. The number of fused-ring (bicyclic) bond motifs is 8. The Hall–Kier alpha value is -5.74. The predicted octanol–water partition coefficient (Wildman–Crippen LogP) is 8.71. The van der Waals surface area contributed by atoms with Gasteiger partial charge in [-0.2, -0.15) is 0 Å². The Morgan fingerprint density at radius 3 is 1.10 bits per heavy atom. The molecule has 0 saturated carbocycles. The molecule has 2 atom stereocenters. The molecule has 3 aliphatic rings. The van der Waals surface area contributed by atoms with Crippen LogP contribution in [0.3, 0.4) is 0 Å². The standard InChI is InChI=1S/C48H46N4/c1-29-5-13-33(14-6-29)45-37-21-23-39(49-37)46(34-15-7-30(2)8-16-34)41-25-27-43(51-41)48(36-19-11-32(4)12-20-36)44-28-26-42(52-44)47(40-24-22-38(45)50-40)35-17-9-31(3)10-18-35/h5-21,23,26,28,38,41,49-52H,22,24-25,27H2,1-4H3/b45-37-,46-39-,47-40-,48-43-. The first-order valence-corrected chi connectivity index (χ1v) is 18.8. The van der Waals surface area contributed by atoms with Crippen molar-refractivity contribution in [1.29, 1.82) is 0 Å². The fraction of sp³-hybridized carbons (Fsp3) is 0.208. The summed E-state index contributed by atoms with van der Waals surface area (Å²) < 4.78 is 0. The molecule has 0 amide bonds. The van der Waals surface area contributed by atoms with Gasteiger partial charge in [0.2, 0.25) is 0 Å². The minimum absolute atomic E-state index is 0.147. The third kappa shape index (κ3) is 5.92. The summed E-state index contributed by atoms with van der Waals surface area (Å²) in [6.45, 7) is 8.65. The highest BCUT2D eigenvalue weighted by Crippen LogP contribution is 2.38. The smallest absolute Gasteiger partial charge is 0.0541 e. The van der Waals surface area contributed by atoms with E-state index < -0.39 is 0 Å². The first-order valence-electron chi connectivity index (χ1n) is 18.8. The van der Waals surface area contributed by atoms with Crippen molar-refractivity contribution in [2.75, 3.05) is 0 Å². The number of aryl methyl sites for hydroxylation is 4. The molecule has 2 aromatic heterocycles. The van der Waals surface area contributed by atoms with Crippen LogP contribution in [0.2, 0.25) is 0 Å². The van der Waals surface area contributed by atoms with Crippen LogP contribution in [-0.2, 0) is 0 Å². The largest absolute Gasteiger partial charge is 0.381 e. The van der Waals surface area contributed by atoms with E-state index in [1.807, 2.05) is 0 Å². The molecule has 6 aromatic rings. The molecule has 9 rings (SSSR count). The Bertz CT molecular complexity index is 2300. The summed E-state index contributed by atoms with van der Waals surface area (Å²) in [5.74, 6) is 0. The number of H-pyrrole nitrogens is 2. The van der Waals surface area contributed by atoms with Gasteiger partial charge in [-0.15, -0.1) is 0 Å². The van der Waals surface area contributed by atoms with Crippen LogP contribution in [0.5, 0.6) is 0 Å². The molecule has 0 aliphatic carbocycles. The quantitative estimate of drug-likeness (QED) is 0.151. The molecule has 4 nitrogen and oxygen atoms in total. The van der Waals surface area contributed by atoms with Crippen molar-refractivity contribution in [2.24, 2.45) is 0 Å². The van der Waals surface area contributed by atoms with E-state index in [-0.39, 0.29) is 12.1 Å². The second-order valence-corrected chi connectivity index (χ2v) is 15.0. The van der Waals surface area contributed by atoms with E-state index in [4.69, 9.17) is 0 Å². The van der Waals surface area contributed by atoms with Crippen LogP contribution in [0, 0.1) is 27.7 Å². The highest BCUT2D eigenvalue weighted by molar-refractivity contribution is 5.86. The number of nitrogens with one attached hydrogen (secondary N) is 4. The predicted molar refractivity (Wildman–Crippen MR) is 215 cm³/mol. The van der Waals surface area contributed by atoms with E-state index in [1.165, 1.54) is 88.9 Å². The first kappa shape index (κ1) is 32.2. The molecule has 52 heavy (non-hydrogen) atoms. The van der Waals surface area contributed by atoms with Crippen molar-refractivity contribution >= 4 is 22.3 Å². The van der Waals surface area contributed by atoms with Gasteiger partial charge >= 0.3 is 0 Å². The molecule has 0 radical (unpaired) electrons. The van der Waals surface area contributed by atoms with Crippen molar-refractivity contribution in [1.82, 2.24) is 20.6 Å². The number of hydrogen-bond acceptors (Lipinski definition) is 2. The van der Waals surface area contributed by atoms with Gasteiger partial charge in [-0.05, 0) is 99.9 Å². The molecular formula is C48H46N4. The molecule has 8 bridgehead atoms. The Labute approximate surface area is 306 Å². The summed E-state index contributed by atoms with van der Waals surface area (Å²) in [5, 5.41) is 10.5. The molecule has 5 heterocycles. The first-order chi connectivity index (χ1) is 25.4. The lowest BCUT2D eigenvalue weighted by Gasteiger charge is -2.20. The monoisotopic (exact) mass is 678 g/mol. The lowest BCUT2D eigenvalue weighted by Crippen LogP contribution is -2.31. The maximum atomic E-state index is 4.10. The second kappa shape index (κ2) is 13.1. The SMILES string of the molecule is Cc1ccc(/C2=C3\CCC(N3)/C(c3ccc(C)cc3)=c3/cc/c([nH]3)=C(\c3ccc(C)cc3)C3CC/C(=C(\c4ccc(C)cc4)c4ccc2[nH]4)N3)cc1. The average molecular weight is 679 g/mol. The zero-order chi connectivity index (χ0) is 35.3. The number of hydrogen-bond donors (Lipinski definition) is 4. The minimum Gasteiger partial charge on any atom is -0.381 e. The Kier molecular flexibility index (Phi) is 8.11. The molecule has 258 valence electrons. The summed E-state index contributed by atoms with van der Waals surface area (Å²) in [6.07, 6.45) is 3.93. The second-order valence-electron chi connectivity index (χ2n) is 15.0. The fourth-order valence-corrected chi connectivity index (χ4v) is 8.49. The summed E-state index contributed by atoms with van der Waals surface area (Å²) >= 11 is 0. The van der Waals surface area contributed by atoms with E-state index in [2.05, 4.69) is 170 Å². The Morgan fingerprint density at radius 2 is 0.731 bits per heavy atom. The van der Waals surface area contributed by atoms with Crippen molar-refractivity contribution in [2.45, 2.75) is 65.5 Å². The van der Waals surface area contributed by atoms with Gasteiger partial charge in [0.15, 0.2) is 0 Å². The molecule has 4 N–H and O–H groups in total. The van der Waals surface area contributed by atoms with Gasteiger partial charge in [0.1, 0.15) is 0 Å². The molecular weight excluding hydrogens is 633 g/mol. The van der Waals surface area contributed by atoms with Crippen molar-refractivity contribution < 1.29 is 0 Å². The van der Waals surface area contributed by atoms with Crippen LogP contribution in [0.25, 0.3) is 22.3 Å². The summed E-state index contributed by atoms with van der Waals surface area (Å²) in [7, 11) is 0. The summed E-state index contributed by atoms with van der Waals surface area (Å²) in [6, 6.07) is 45.6.